The minimum Gasteiger partial charge on any atom is -0.455 e. The molecule has 0 spiro atoms. The van der Waals surface area contributed by atoms with Crippen LogP contribution in [0.5, 0.6) is 0 Å². The molecule has 0 radical (unpaired) electrons. The molecule has 0 fully saturated rings. The summed E-state index contributed by atoms with van der Waals surface area (Å²) in [5, 5.41) is 6.96. The summed E-state index contributed by atoms with van der Waals surface area (Å²) >= 11 is 0. The Morgan fingerprint density at radius 2 is 0.772 bits per heavy atom. The molecule has 11 rings (SSSR count). The highest BCUT2D eigenvalue weighted by atomic mass is 16.3. The lowest BCUT2D eigenvalue weighted by atomic mass is 9.93. The van der Waals surface area contributed by atoms with Crippen LogP contribution in [-0.2, 0) is 0 Å². The summed E-state index contributed by atoms with van der Waals surface area (Å²) in [6.07, 6.45) is 0. The predicted molar refractivity (Wildman–Crippen MR) is 237 cm³/mol. The summed E-state index contributed by atoms with van der Waals surface area (Å²) in [5.74, 6) is 0.714. The fraction of sp³-hybridized carbons (Fsp3) is 0. The maximum absolute atomic E-state index is 6.86. The lowest BCUT2D eigenvalue weighted by molar-refractivity contribution is 0.674. The minimum absolute atomic E-state index is 0.714. The third-order valence-corrected chi connectivity index (χ3v) is 11.1. The second kappa shape index (κ2) is 13.6. The van der Waals surface area contributed by atoms with Gasteiger partial charge in [-0.15, -0.1) is 0 Å². The van der Waals surface area contributed by atoms with Crippen LogP contribution in [0.4, 0.5) is 0 Å². The SMILES string of the molecule is c1ccc(-c2cc(-c3ccc(-c4ccc(-c5cc6c7cccc(-c8cccc9ccccc89)c7oc6c6ccccc56)cc4)cc3)nc(-c3ccccc3)n2)cc1. The van der Waals surface area contributed by atoms with E-state index in [2.05, 4.69) is 170 Å². The van der Waals surface area contributed by atoms with Crippen LogP contribution >= 0.6 is 0 Å². The normalized spacial score (nSPS) is 11.5. The van der Waals surface area contributed by atoms with Crippen LogP contribution < -0.4 is 0 Å². The number of hydrogen-bond acceptors (Lipinski definition) is 3. The van der Waals surface area contributed by atoms with E-state index in [1.54, 1.807) is 0 Å². The average Bonchev–Trinajstić information content (AvgIpc) is 3.68. The first-order valence-corrected chi connectivity index (χ1v) is 19.3. The average molecular weight is 727 g/mol. The number of fused-ring (bicyclic) bond motifs is 6. The van der Waals surface area contributed by atoms with Gasteiger partial charge in [-0.2, -0.15) is 0 Å². The number of rotatable bonds is 6. The van der Waals surface area contributed by atoms with E-state index >= 15 is 0 Å². The van der Waals surface area contributed by atoms with E-state index < -0.39 is 0 Å². The van der Waals surface area contributed by atoms with Crippen molar-refractivity contribution in [2.24, 2.45) is 0 Å². The Morgan fingerprint density at radius 3 is 1.49 bits per heavy atom. The molecule has 0 N–H and O–H groups in total. The molecule has 0 bridgehead atoms. The molecule has 9 aromatic carbocycles. The van der Waals surface area contributed by atoms with Gasteiger partial charge in [-0.1, -0.05) is 194 Å². The molecule has 0 unspecified atom stereocenters. The predicted octanol–water partition coefficient (Wildman–Crippen LogP) is 14.7. The molecular weight excluding hydrogens is 693 g/mol. The third kappa shape index (κ3) is 5.76. The first-order chi connectivity index (χ1) is 28.2. The minimum atomic E-state index is 0.714. The fourth-order valence-corrected chi connectivity index (χ4v) is 8.27. The van der Waals surface area contributed by atoms with Gasteiger partial charge in [-0.05, 0) is 56.1 Å². The van der Waals surface area contributed by atoms with Crippen molar-refractivity contribution in [2.45, 2.75) is 0 Å². The summed E-state index contributed by atoms with van der Waals surface area (Å²) in [5.41, 5.74) is 13.7. The van der Waals surface area contributed by atoms with Crippen molar-refractivity contribution >= 4 is 43.5 Å². The number of aromatic nitrogens is 2. The van der Waals surface area contributed by atoms with Gasteiger partial charge >= 0.3 is 0 Å². The lowest BCUT2D eigenvalue weighted by Gasteiger charge is -2.11. The fourth-order valence-electron chi connectivity index (χ4n) is 8.27. The zero-order valence-corrected chi connectivity index (χ0v) is 30.9. The molecule has 0 saturated carbocycles. The van der Waals surface area contributed by atoms with E-state index in [-0.39, 0.29) is 0 Å². The largest absolute Gasteiger partial charge is 0.455 e. The van der Waals surface area contributed by atoms with Crippen molar-refractivity contribution in [3.63, 3.8) is 0 Å². The third-order valence-electron chi connectivity index (χ3n) is 11.1. The standard InChI is InChI=1S/C54H34N2O/c1-3-14-39(15-4-1)50-34-51(56-54(55-50)41-16-5-2-6-17-41)40-31-27-36(28-32-40)35-25-29-38(30-26-35)48-33-49-47-24-12-23-46(43-22-11-18-37-13-7-8-19-42(37)43)52(47)57-53(49)45-21-10-9-20-44(45)48/h1-34H. The zero-order valence-electron chi connectivity index (χ0n) is 30.9. The van der Waals surface area contributed by atoms with Crippen molar-refractivity contribution in [1.82, 2.24) is 9.97 Å². The molecule has 11 aromatic rings. The molecule has 0 aliphatic rings. The van der Waals surface area contributed by atoms with Crippen molar-refractivity contribution in [1.29, 1.82) is 0 Å². The Hall–Kier alpha value is -7.62. The molecule has 3 nitrogen and oxygen atoms in total. The molecule has 0 aliphatic carbocycles. The number of benzene rings is 9. The monoisotopic (exact) mass is 726 g/mol. The summed E-state index contributed by atoms with van der Waals surface area (Å²) in [6, 6.07) is 72.7. The van der Waals surface area contributed by atoms with E-state index in [1.165, 1.54) is 27.3 Å². The van der Waals surface area contributed by atoms with Gasteiger partial charge in [0.2, 0.25) is 0 Å². The van der Waals surface area contributed by atoms with E-state index in [9.17, 15) is 0 Å². The van der Waals surface area contributed by atoms with Gasteiger partial charge in [0, 0.05) is 38.4 Å². The van der Waals surface area contributed by atoms with E-state index in [0.717, 1.165) is 77.7 Å². The van der Waals surface area contributed by atoms with Crippen molar-refractivity contribution in [3.05, 3.63) is 206 Å². The topological polar surface area (TPSA) is 38.9 Å². The lowest BCUT2D eigenvalue weighted by Crippen LogP contribution is -1.95. The Bertz CT molecular complexity index is 3190. The number of hydrogen-bond donors (Lipinski definition) is 0. The van der Waals surface area contributed by atoms with Crippen LogP contribution in [0.3, 0.4) is 0 Å². The van der Waals surface area contributed by atoms with E-state index in [1.807, 2.05) is 36.4 Å². The molecule has 3 heteroatoms. The molecule has 57 heavy (non-hydrogen) atoms. The highest BCUT2D eigenvalue weighted by Crippen LogP contribution is 2.43. The summed E-state index contributed by atoms with van der Waals surface area (Å²) in [6.45, 7) is 0. The van der Waals surface area contributed by atoms with Gasteiger partial charge in [0.05, 0.1) is 11.4 Å². The van der Waals surface area contributed by atoms with Crippen molar-refractivity contribution in [2.75, 3.05) is 0 Å². The molecule has 0 aliphatic heterocycles. The van der Waals surface area contributed by atoms with Crippen molar-refractivity contribution < 1.29 is 4.42 Å². The Balaban J connectivity index is 0.962. The first kappa shape index (κ1) is 32.8. The Morgan fingerprint density at radius 1 is 0.281 bits per heavy atom. The number of para-hydroxylation sites is 1. The van der Waals surface area contributed by atoms with Crippen LogP contribution in [0.25, 0.3) is 111 Å². The van der Waals surface area contributed by atoms with Crippen LogP contribution in [-0.4, -0.2) is 9.97 Å². The van der Waals surface area contributed by atoms with Gasteiger partial charge in [-0.3, -0.25) is 0 Å². The van der Waals surface area contributed by atoms with E-state index in [0.29, 0.717) is 5.82 Å². The first-order valence-electron chi connectivity index (χ1n) is 19.3. The summed E-state index contributed by atoms with van der Waals surface area (Å²) in [7, 11) is 0. The van der Waals surface area contributed by atoms with Crippen LogP contribution in [0.15, 0.2) is 211 Å². The summed E-state index contributed by atoms with van der Waals surface area (Å²) < 4.78 is 6.86. The smallest absolute Gasteiger partial charge is 0.160 e. The molecule has 2 aromatic heterocycles. The second-order valence-electron chi connectivity index (χ2n) is 14.5. The van der Waals surface area contributed by atoms with Crippen LogP contribution in [0, 0.1) is 0 Å². The molecule has 0 amide bonds. The molecule has 0 saturated heterocycles. The quantitative estimate of drug-likeness (QED) is 0.171. The van der Waals surface area contributed by atoms with Crippen molar-refractivity contribution in [3.8, 4) is 67.3 Å². The molecule has 2 heterocycles. The maximum atomic E-state index is 6.86. The van der Waals surface area contributed by atoms with Gasteiger partial charge in [-0.25, -0.2) is 9.97 Å². The van der Waals surface area contributed by atoms with Gasteiger partial charge in [0.25, 0.3) is 0 Å². The zero-order chi connectivity index (χ0) is 37.7. The van der Waals surface area contributed by atoms with Gasteiger partial charge < -0.3 is 4.42 Å². The van der Waals surface area contributed by atoms with Gasteiger partial charge in [0.1, 0.15) is 11.2 Å². The molecular formula is C54H34N2O. The van der Waals surface area contributed by atoms with E-state index in [4.69, 9.17) is 14.4 Å². The second-order valence-corrected chi connectivity index (χ2v) is 14.5. The Kier molecular flexibility index (Phi) is 7.82. The number of nitrogens with zero attached hydrogens (tertiary/aromatic N) is 2. The highest BCUT2D eigenvalue weighted by molar-refractivity contribution is 6.21. The van der Waals surface area contributed by atoms with Gasteiger partial charge in [0.15, 0.2) is 5.82 Å². The van der Waals surface area contributed by atoms with Crippen LogP contribution in [0.1, 0.15) is 0 Å². The summed E-state index contributed by atoms with van der Waals surface area (Å²) in [4.78, 5) is 9.98. The Labute approximate surface area is 330 Å². The molecule has 266 valence electrons. The number of furan rings is 1. The highest BCUT2D eigenvalue weighted by Gasteiger charge is 2.18. The van der Waals surface area contributed by atoms with Crippen LogP contribution in [0.2, 0.25) is 0 Å². The molecule has 0 atom stereocenters. The maximum Gasteiger partial charge on any atom is 0.160 e.